The summed E-state index contributed by atoms with van der Waals surface area (Å²) in [5, 5.41) is 0. The molecule has 0 saturated carbocycles. The molecule has 0 aliphatic heterocycles. The minimum atomic E-state index is -0.501. The summed E-state index contributed by atoms with van der Waals surface area (Å²) in [6, 6.07) is 0. The molecule has 0 heterocycles. The second kappa shape index (κ2) is 4.26. The lowest BCUT2D eigenvalue weighted by molar-refractivity contribution is 0.424. The molecule has 0 aliphatic carbocycles. The third-order valence-electron chi connectivity index (χ3n) is 0.550. The van der Waals surface area contributed by atoms with E-state index in [1.165, 1.54) is 0 Å². The first-order valence-electron chi connectivity index (χ1n) is 2.25. The van der Waals surface area contributed by atoms with E-state index in [1.807, 2.05) is 6.92 Å². The fraction of sp³-hybridized carbons (Fsp3) is 1.00. The molecule has 0 aromatic carbocycles. The maximum atomic E-state index is 5.32. The lowest BCUT2D eigenvalue weighted by Gasteiger charge is -2.03. The minimum Gasteiger partial charge on any atom is -0.412 e. The number of nitrogens with one attached hydrogen (secondary N) is 1. The van der Waals surface area contributed by atoms with Gasteiger partial charge in [0.15, 0.2) is 0 Å². The van der Waals surface area contributed by atoms with Crippen LogP contribution in [-0.4, -0.2) is 23.2 Å². The molecular formula is C3H12N2OSi. The Morgan fingerprint density at radius 1 is 1.86 bits per heavy atom. The maximum Gasteiger partial charge on any atom is 0.236 e. The molecule has 1 unspecified atom stereocenters. The van der Waals surface area contributed by atoms with Crippen molar-refractivity contribution >= 4 is 9.92 Å². The zero-order valence-electron chi connectivity index (χ0n) is 4.77. The van der Waals surface area contributed by atoms with Crippen molar-refractivity contribution in [2.24, 2.45) is 5.73 Å². The van der Waals surface area contributed by atoms with E-state index in [-0.39, 0.29) is 6.17 Å². The average Bonchev–Trinajstić information content (AvgIpc) is 1.61. The Bertz CT molecular complexity index is 41.9. The van der Waals surface area contributed by atoms with Gasteiger partial charge in [0, 0.05) is 13.3 Å². The van der Waals surface area contributed by atoms with E-state index in [2.05, 4.69) is 4.98 Å². The van der Waals surface area contributed by atoms with Crippen molar-refractivity contribution in [3.05, 3.63) is 0 Å². The quantitative estimate of drug-likeness (QED) is 0.353. The Morgan fingerprint density at radius 2 is 2.43 bits per heavy atom. The van der Waals surface area contributed by atoms with E-state index in [9.17, 15) is 0 Å². The zero-order valence-corrected chi connectivity index (χ0v) is 6.18. The largest absolute Gasteiger partial charge is 0.412 e. The molecule has 1 atom stereocenters. The summed E-state index contributed by atoms with van der Waals surface area (Å²) in [5.74, 6) is 0. The van der Waals surface area contributed by atoms with E-state index >= 15 is 0 Å². The molecule has 0 spiro atoms. The highest BCUT2D eigenvalue weighted by Crippen LogP contribution is 1.60. The summed E-state index contributed by atoms with van der Waals surface area (Å²) >= 11 is 0. The van der Waals surface area contributed by atoms with Crippen LogP contribution in [0.1, 0.15) is 6.92 Å². The number of hydrogen-bond acceptors (Lipinski definition) is 3. The molecule has 0 saturated heterocycles. The van der Waals surface area contributed by atoms with Crippen molar-refractivity contribution in [1.82, 2.24) is 4.98 Å². The van der Waals surface area contributed by atoms with Gasteiger partial charge >= 0.3 is 0 Å². The smallest absolute Gasteiger partial charge is 0.236 e. The molecule has 3 N–H and O–H groups in total. The van der Waals surface area contributed by atoms with Crippen molar-refractivity contribution in [1.29, 1.82) is 0 Å². The van der Waals surface area contributed by atoms with Gasteiger partial charge in [0.25, 0.3) is 0 Å². The van der Waals surface area contributed by atoms with Crippen LogP contribution >= 0.6 is 0 Å². The molecule has 0 aliphatic rings. The first-order chi connectivity index (χ1) is 3.27. The second-order valence-corrected chi connectivity index (χ2v) is 2.70. The van der Waals surface area contributed by atoms with Crippen molar-refractivity contribution in [3.63, 3.8) is 0 Å². The molecule has 0 fully saturated rings. The van der Waals surface area contributed by atoms with Crippen LogP contribution in [0.15, 0.2) is 0 Å². The Labute approximate surface area is 46.3 Å². The Kier molecular flexibility index (Phi) is 4.32. The summed E-state index contributed by atoms with van der Waals surface area (Å²) in [6.45, 7) is 1.89. The molecule has 3 nitrogen and oxygen atoms in total. The van der Waals surface area contributed by atoms with Gasteiger partial charge in [-0.15, -0.1) is 0 Å². The summed E-state index contributed by atoms with van der Waals surface area (Å²) in [6.07, 6.45) is 0.0895. The van der Waals surface area contributed by atoms with E-state index in [1.54, 1.807) is 7.11 Å². The lowest BCUT2D eigenvalue weighted by Crippen LogP contribution is -2.37. The fourth-order valence-electron chi connectivity index (χ4n) is 0.215. The molecule has 0 bridgehead atoms. The topological polar surface area (TPSA) is 47.3 Å². The zero-order chi connectivity index (χ0) is 5.70. The average molecular weight is 120 g/mol. The van der Waals surface area contributed by atoms with E-state index in [4.69, 9.17) is 10.2 Å². The molecule has 0 amide bonds. The normalized spacial score (nSPS) is 15.9. The minimum absolute atomic E-state index is 0.0895. The van der Waals surface area contributed by atoms with Crippen LogP contribution in [0.3, 0.4) is 0 Å². The van der Waals surface area contributed by atoms with Gasteiger partial charge in [-0.05, 0) is 6.92 Å². The molecule has 0 aromatic rings. The van der Waals surface area contributed by atoms with Crippen LogP contribution in [0.25, 0.3) is 0 Å². The Hall–Kier alpha value is 0.0969. The highest BCUT2D eigenvalue weighted by atomic mass is 28.2. The van der Waals surface area contributed by atoms with Gasteiger partial charge in [-0.25, -0.2) is 0 Å². The third-order valence-corrected chi connectivity index (χ3v) is 1.65. The molecule has 7 heavy (non-hydrogen) atoms. The van der Waals surface area contributed by atoms with Crippen LogP contribution in [0.5, 0.6) is 0 Å². The highest BCUT2D eigenvalue weighted by molar-refractivity contribution is 6.23. The van der Waals surface area contributed by atoms with Gasteiger partial charge in [0.1, 0.15) is 0 Å². The van der Waals surface area contributed by atoms with Crippen LogP contribution in [0.4, 0.5) is 0 Å². The fourth-order valence-corrected chi connectivity index (χ4v) is 0.644. The third kappa shape index (κ3) is 6.10. The second-order valence-electron chi connectivity index (χ2n) is 1.43. The van der Waals surface area contributed by atoms with Gasteiger partial charge < -0.3 is 15.1 Å². The van der Waals surface area contributed by atoms with E-state index < -0.39 is 9.92 Å². The predicted octanol–water partition coefficient (Wildman–Crippen LogP) is -1.47. The Morgan fingerprint density at radius 3 is 2.57 bits per heavy atom. The molecule has 0 aromatic heterocycles. The molecule has 44 valence electrons. The molecule has 0 rings (SSSR count). The van der Waals surface area contributed by atoms with E-state index in [0.717, 1.165) is 0 Å². The highest BCUT2D eigenvalue weighted by Gasteiger charge is 1.86. The van der Waals surface area contributed by atoms with E-state index in [0.29, 0.717) is 0 Å². The first kappa shape index (κ1) is 7.10. The SMILES string of the molecule is CO[SiH2]NC(C)N. The molecule has 0 radical (unpaired) electrons. The first-order valence-corrected chi connectivity index (χ1v) is 3.53. The summed E-state index contributed by atoms with van der Waals surface area (Å²) in [7, 11) is 1.18. The summed E-state index contributed by atoms with van der Waals surface area (Å²) < 4.78 is 4.80. The lowest BCUT2D eigenvalue weighted by atomic mass is 10.7. The predicted molar refractivity (Wildman–Crippen MR) is 32.3 cm³/mol. The van der Waals surface area contributed by atoms with Crippen molar-refractivity contribution < 1.29 is 4.43 Å². The standard InChI is InChI=1S/C3H12N2OSi/c1-3(4)5-7-6-2/h3,5H,4,7H2,1-2H3. The number of nitrogens with two attached hydrogens (primary N) is 1. The van der Waals surface area contributed by atoms with Crippen LogP contribution < -0.4 is 10.7 Å². The molecular weight excluding hydrogens is 108 g/mol. The van der Waals surface area contributed by atoms with Crippen LogP contribution in [0.2, 0.25) is 0 Å². The number of hydrogen-bond donors (Lipinski definition) is 2. The van der Waals surface area contributed by atoms with Crippen molar-refractivity contribution in [2.75, 3.05) is 7.11 Å². The maximum absolute atomic E-state index is 5.32. The van der Waals surface area contributed by atoms with Crippen LogP contribution in [-0.2, 0) is 4.43 Å². The summed E-state index contributed by atoms with van der Waals surface area (Å²) in [5.41, 5.74) is 5.32. The summed E-state index contributed by atoms with van der Waals surface area (Å²) in [4.78, 5) is 2.99. The monoisotopic (exact) mass is 120 g/mol. The Balaban J connectivity index is 2.68. The van der Waals surface area contributed by atoms with Crippen LogP contribution in [0, 0.1) is 0 Å². The molecule has 4 heteroatoms. The van der Waals surface area contributed by atoms with Crippen molar-refractivity contribution in [2.45, 2.75) is 13.1 Å². The van der Waals surface area contributed by atoms with Gasteiger partial charge in [-0.2, -0.15) is 0 Å². The van der Waals surface area contributed by atoms with Gasteiger partial charge in [0.2, 0.25) is 9.92 Å². The van der Waals surface area contributed by atoms with Gasteiger partial charge in [-0.3, -0.25) is 0 Å². The van der Waals surface area contributed by atoms with Gasteiger partial charge in [-0.1, -0.05) is 0 Å². The van der Waals surface area contributed by atoms with Crippen molar-refractivity contribution in [3.8, 4) is 0 Å². The van der Waals surface area contributed by atoms with Gasteiger partial charge in [0.05, 0.1) is 0 Å². The number of rotatable bonds is 3.